The molecule has 0 radical (unpaired) electrons. The minimum atomic E-state index is -1.25. The van der Waals surface area contributed by atoms with Gasteiger partial charge in [-0.05, 0) is 42.9 Å². The minimum Gasteiger partial charge on any atom is -0.481 e. The molecule has 1 saturated heterocycles. The molecular weight excluding hydrogens is 688 g/mol. The van der Waals surface area contributed by atoms with E-state index in [-0.39, 0.29) is 58.3 Å². The molecule has 1 fully saturated rings. The molecule has 20 nitrogen and oxygen atoms in total. The fourth-order valence-corrected chi connectivity index (χ4v) is 6.04. The standard InChI is InChI=1S/C32H48N8O12/c41-25(17-37(19-28(46)47)11-9-36(18-27(44)45)10-12-38(20-29(48)49)21-30(50)51)34-16-23-15-22-3-1-6-33-31(22)35-24(23)4-2-7-39-13-14-40(32(39)52)8-5-26(42)43/h15H,1-14,16-21H2,(H,33,35)(H,34,41)(H,42,43)(H,44,45)(H,46,47)(H,48,49)(H,50,51). The van der Waals surface area contributed by atoms with Crippen LogP contribution in [0.4, 0.5) is 10.6 Å². The van der Waals surface area contributed by atoms with E-state index in [2.05, 4.69) is 10.6 Å². The van der Waals surface area contributed by atoms with Crippen LogP contribution in [0.3, 0.4) is 0 Å². The van der Waals surface area contributed by atoms with Crippen LogP contribution in [0.5, 0.6) is 0 Å². The Morgan fingerprint density at radius 3 is 1.87 bits per heavy atom. The number of carboxylic acids is 5. The van der Waals surface area contributed by atoms with Gasteiger partial charge in [0.1, 0.15) is 5.82 Å². The van der Waals surface area contributed by atoms with Crippen molar-refractivity contribution in [3.05, 3.63) is 22.9 Å². The summed E-state index contributed by atoms with van der Waals surface area (Å²) in [4.78, 5) is 94.0. The monoisotopic (exact) mass is 736 g/mol. The lowest BCUT2D eigenvalue weighted by molar-refractivity contribution is -0.143. The number of hydrogen-bond acceptors (Lipinski definition) is 12. The second-order valence-electron chi connectivity index (χ2n) is 12.7. The summed E-state index contributed by atoms with van der Waals surface area (Å²) in [5.74, 6) is -5.58. The van der Waals surface area contributed by atoms with Gasteiger partial charge in [0, 0.05) is 71.1 Å². The average molecular weight is 737 g/mol. The fourth-order valence-electron chi connectivity index (χ4n) is 6.04. The highest BCUT2D eigenvalue weighted by Gasteiger charge is 2.28. The second-order valence-corrected chi connectivity index (χ2v) is 12.7. The van der Waals surface area contributed by atoms with E-state index in [1.54, 1.807) is 4.90 Å². The topological polar surface area (TPSA) is 274 Å². The Kier molecular flexibility index (Phi) is 16.4. The van der Waals surface area contributed by atoms with E-state index in [4.69, 9.17) is 20.3 Å². The first-order valence-electron chi connectivity index (χ1n) is 17.0. The normalized spacial score (nSPS) is 14.1. The molecule has 20 heteroatoms. The number of carboxylic acid groups (broad SMARTS) is 5. The van der Waals surface area contributed by atoms with Crippen LogP contribution in [-0.2, 0) is 48.2 Å². The van der Waals surface area contributed by atoms with Gasteiger partial charge >= 0.3 is 35.9 Å². The summed E-state index contributed by atoms with van der Waals surface area (Å²) in [6.07, 6.45) is 2.67. The summed E-state index contributed by atoms with van der Waals surface area (Å²) in [7, 11) is 0. The molecule has 1 aromatic rings. The minimum absolute atomic E-state index is 0.00354. The highest BCUT2D eigenvalue weighted by Crippen LogP contribution is 2.24. The van der Waals surface area contributed by atoms with Crippen molar-refractivity contribution in [3.63, 3.8) is 0 Å². The molecule has 0 aliphatic carbocycles. The molecule has 0 atom stereocenters. The maximum atomic E-state index is 13.1. The van der Waals surface area contributed by atoms with E-state index in [0.717, 1.165) is 46.9 Å². The number of aromatic nitrogens is 1. The molecule has 0 spiro atoms. The smallest absolute Gasteiger partial charge is 0.320 e. The number of aliphatic carboxylic acids is 5. The predicted octanol–water partition coefficient (Wildman–Crippen LogP) is -1.55. The van der Waals surface area contributed by atoms with Crippen molar-refractivity contribution in [1.29, 1.82) is 0 Å². The number of anilines is 1. The third-order valence-electron chi connectivity index (χ3n) is 8.55. The first-order chi connectivity index (χ1) is 24.7. The summed E-state index contributed by atoms with van der Waals surface area (Å²) in [5.41, 5.74) is 2.50. The molecule has 0 bridgehead atoms. The molecular formula is C32H48N8O12. The van der Waals surface area contributed by atoms with Crippen molar-refractivity contribution in [2.45, 2.75) is 38.6 Å². The molecule has 52 heavy (non-hydrogen) atoms. The first kappa shape index (κ1) is 41.3. The van der Waals surface area contributed by atoms with Crippen molar-refractivity contribution in [3.8, 4) is 0 Å². The average Bonchev–Trinajstić information content (AvgIpc) is 3.41. The van der Waals surface area contributed by atoms with Crippen molar-refractivity contribution in [2.75, 3.05) is 96.9 Å². The highest BCUT2D eigenvalue weighted by molar-refractivity contribution is 5.79. The Hall–Kier alpha value is -5.08. The van der Waals surface area contributed by atoms with Crippen molar-refractivity contribution >= 4 is 47.6 Å². The molecule has 0 saturated carbocycles. The van der Waals surface area contributed by atoms with E-state index in [1.165, 1.54) is 14.7 Å². The van der Waals surface area contributed by atoms with Gasteiger partial charge in [0.2, 0.25) is 5.91 Å². The molecule has 7 N–H and O–H groups in total. The fraction of sp³-hybridized carbons (Fsp3) is 0.625. The van der Waals surface area contributed by atoms with Crippen LogP contribution in [0.25, 0.3) is 0 Å². The van der Waals surface area contributed by atoms with Crippen LogP contribution in [0.1, 0.15) is 36.1 Å². The summed E-state index contributed by atoms with van der Waals surface area (Å²) >= 11 is 0. The van der Waals surface area contributed by atoms with Gasteiger partial charge in [-0.2, -0.15) is 0 Å². The number of hydrogen-bond donors (Lipinski definition) is 7. The molecule has 1 aromatic heterocycles. The number of nitrogens with one attached hydrogen (secondary N) is 2. The molecule has 3 amide bonds. The van der Waals surface area contributed by atoms with E-state index in [1.807, 2.05) is 6.07 Å². The third kappa shape index (κ3) is 14.6. The summed E-state index contributed by atoms with van der Waals surface area (Å²) < 4.78 is 0. The number of pyridine rings is 1. The van der Waals surface area contributed by atoms with Crippen LogP contribution in [-0.4, -0.2) is 188 Å². The zero-order chi connectivity index (χ0) is 38.2. The van der Waals surface area contributed by atoms with Crippen molar-refractivity contribution < 1.29 is 59.1 Å². The Bertz CT molecular complexity index is 1440. The number of carbonyl (C=O) groups excluding carboxylic acids is 2. The summed E-state index contributed by atoms with van der Waals surface area (Å²) in [5, 5.41) is 52.1. The van der Waals surface area contributed by atoms with Crippen LogP contribution in [0.2, 0.25) is 0 Å². The Morgan fingerprint density at radius 2 is 1.29 bits per heavy atom. The first-order valence-corrected chi connectivity index (χ1v) is 17.0. The van der Waals surface area contributed by atoms with Gasteiger partial charge in [-0.25, -0.2) is 9.78 Å². The number of amides is 3. The SMILES string of the molecule is O=C(O)CCN1CCN(CCCc2nc3c(cc2CNC(=O)CN(CCN(CCN(CC(=O)O)CC(=O)O)CC(=O)O)CC(=O)O)CCCN3)C1=O. The Morgan fingerprint density at radius 1 is 0.750 bits per heavy atom. The zero-order valence-electron chi connectivity index (χ0n) is 29.0. The lowest BCUT2D eigenvalue weighted by Gasteiger charge is -2.27. The van der Waals surface area contributed by atoms with Gasteiger partial charge in [-0.15, -0.1) is 0 Å². The van der Waals surface area contributed by atoms with Gasteiger partial charge in [-0.3, -0.25) is 43.5 Å². The van der Waals surface area contributed by atoms with E-state index >= 15 is 0 Å². The quantitative estimate of drug-likeness (QED) is 0.0598. The van der Waals surface area contributed by atoms with Gasteiger partial charge in [0.05, 0.1) is 39.1 Å². The van der Waals surface area contributed by atoms with Crippen LogP contribution in [0, 0.1) is 0 Å². The third-order valence-corrected chi connectivity index (χ3v) is 8.55. The maximum Gasteiger partial charge on any atom is 0.320 e. The number of aryl methyl sites for hydroxylation is 2. The molecule has 0 unspecified atom stereocenters. The zero-order valence-corrected chi connectivity index (χ0v) is 29.0. The van der Waals surface area contributed by atoms with Gasteiger partial charge in [0.15, 0.2) is 0 Å². The van der Waals surface area contributed by atoms with Gasteiger partial charge in [0.25, 0.3) is 0 Å². The number of rotatable bonds is 25. The van der Waals surface area contributed by atoms with Gasteiger partial charge < -0.3 is 46.0 Å². The van der Waals surface area contributed by atoms with E-state index < -0.39 is 61.9 Å². The molecule has 0 aromatic carbocycles. The van der Waals surface area contributed by atoms with Crippen LogP contribution in [0.15, 0.2) is 6.07 Å². The van der Waals surface area contributed by atoms with Crippen molar-refractivity contribution in [2.24, 2.45) is 0 Å². The maximum absolute atomic E-state index is 13.1. The summed E-state index contributed by atoms with van der Waals surface area (Å²) in [6, 6.07) is 1.78. The van der Waals surface area contributed by atoms with E-state index in [9.17, 15) is 43.8 Å². The highest BCUT2D eigenvalue weighted by atomic mass is 16.4. The predicted molar refractivity (Wildman–Crippen MR) is 182 cm³/mol. The molecule has 3 rings (SSSR count). The second kappa shape index (κ2) is 20.7. The summed E-state index contributed by atoms with van der Waals surface area (Å²) in [6.45, 7) is -0.115. The molecule has 3 heterocycles. The Balaban J connectivity index is 1.60. The van der Waals surface area contributed by atoms with Crippen LogP contribution >= 0.6 is 0 Å². The van der Waals surface area contributed by atoms with Crippen molar-refractivity contribution in [1.82, 2.24) is 34.8 Å². The van der Waals surface area contributed by atoms with Crippen LogP contribution < -0.4 is 10.6 Å². The number of carbonyl (C=O) groups is 7. The number of urea groups is 1. The molecule has 2 aliphatic rings. The largest absolute Gasteiger partial charge is 0.481 e. The lowest BCUT2D eigenvalue weighted by atomic mass is 10.0. The molecule has 288 valence electrons. The van der Waals surface area contributed by atoms with Gasteiger partial charge in [-0.1, -0.05) is 0 Å². The Labute approximate surface area is 299 Å². The van der Waals surface area contributed by atoms with E-state index in [0.29, 0.717) is 32.5 Å². The number of fused-ring (bicyclic) bond motifs is 1. The molecule has 2 aliphatic heterocycles. The lowest BCUT2D eigenvalue weighted by Crippen LogP contribution is -2.46. The number of nitrogens with zero attached hydrogens (tertiary/aromatic N) is 6.